The Labute approximate surface area is 109 Å². The van der Waals surface area contributed by atoms with Gasteiger partial charge in [-0.3, -0.25) is 0 Å². The largest absolute Gasteiger partial charge is 0.311 e. The zero-order chi connectivity index (χ0) is 11.9. The fourth-order valence-corrected chi connectivity index (χ4v) is 1.91. The molecule has 0 aliphatic heterocycles. The molecule has 90 valence electrons. The summed E-state index contributed by atoms with van der Waals surface area (Å²) in [6, 6.07) is 7.95. The normalized spacial score (nSPS) is 11.7. The summed E-state index contributed by atoms with van der Waals surface area (Å²) in [7, 11) is 0. The van der Waals surface area contributed by atoms with E-state index in [0.29, 0.717) is 6.54 Å². The lowest BCUT2D eigenvalue weighted by molar-refractivity contribution is -0.00298. The van der Waals surface area contributed by atoms with E-state index in [9.17, 15) is 8.78 Å². The van der Waals surface area contributed by atoms with E-state index in [2.05, 4.69) is 27.9 Å². The average molecular weight is 339 g/mol. The molecule has 4 heteroatoms. The molecule has 0 aliphatic rings. The molecule has 0 radical (unpaired) electrons. The molecular weight excluding hydrogens is 323 g/mol. The van der Waals surface area contributed by atoms with Crippen LogP contribution in [0.15, 0.2) is 30.3 Å². The van der Waals surface area contributed by atoms with Crippen molar-refractivity contribution in [3.63, 3.8) is 0 Å². The van der Waals surface area contributed by atoms with Gasteiger partial charge >= 0.3 is 0 Å². The van der Waals surface area contributed by atoms with E-state index < -0.39 is 5.92 Å². The van der Waals surface area contributed by atoms with Gasteiger partial charge in [0.1, 0.15) is 0 Å². The van der Waals surface area contributed by atoms with Gasteiger partial charge in [-0.05, 0) is 23.8 Å². The lowest BCUT2D eigenvalue weighted by atomic mass is 10.1. The van der Waals surface area contributed by atoms with Crippen molar-refractivity contribution in [1.82, 2.24) is 5.32 Å². The number of benzene rings is 1. The minimum absolute atomic E-state index is 0.0800. The zero-order valence-electron chi connectivity index (χ0n) is 9.06. The maximum Gasteiger partial charge on any atom is 0.285 e. The van der Waals surface area contributed by atoms with E-state index in [1.165, 1.54) is 12.1 Å². The summed E-state index contributed by atoms with van der Waals surface area (Å²) in [6.07, 6.45) is 2.03. The monoisotopic (exact) mass is 339 g/mol. The topological polar surface area (TPSA) is 12.0 Å². The Balaban J connectivity index is 2.35. The molecule has 0 unspecified atom stereocenters. The van der Waals surface area contributed by atoms with Crippen molar-refractivity contribution < 1.29 is 8.78 Å². The Kier molecular flexibility index (Phi) is 6.20. The van der Waals surface area contributed by atoms with E-state index >= 15 is 0 Å². The molecule has 0 spiro atoms. The summed E-state index contributed by atoms with van der Waals surface area (Å²) >= 11 is 2.29. The Morgan fingerprint density at radius 1 is 1.12 bits per heavy atom. The Hall–Kier alpha value is -0.230. The van der Waals surface area contributed by atoms with E-state index in [0.717, 1.165) is 17.3 Å². The summed E-state index contributed by atoms with van der Waals surface area (Å²) in [5.41, 5.74) is 0.0800. The molecule has 1 N–H and O–H groups in total. The molecule has 0 atom stereocenters. The molecule has 1 aromatic rings. The van der Waals surface area contributed by atoms with E-state index in [1.807, 2.05) is 0 Å². The molecular formula is C12H16F2IN. The number of rotatable bonds is 7. The van der Waals surface area contributed by atoms with Crippen LogP contribution in [0.2, 0.25) is 0 Å². The maximum absolute atomic E-state index is 13.6. The summed E-state index contributed by atoms with van der Waals surface area (Å²) in [5, 5.41) is 2.81. The SMILES string of the molecule is FC(F)(CNCCCCI)c1ccccc1. The standard InChI is InChI=1S/C12H16F2IN/c13-12(14,10-16-9-5-4-8-15)11-6-2-1-3-7-11/h1-3,6-7,16H,4-5,8-10H2. The molecule has 0 bridgehead atoms. The van der Waals surface area contributed by atoms with Gasteiger partial charge in [-0.1, -0.05) is 52.9 Å². The molecule has 0 saturated heterocycles. The Bertz CT molecular complexity index is 290. The summed E-state index contributed by atoms with van der Waals surface area (Å²) < 4.78 is 28.3. The van der Waals surface area contributed by atoms with Crippen LogP contribution in [-0.4, -0.2) is 17.5 Å². The predicted octanol–water partition coefficient (Wildman–Crippen LogP) is 3.58. The van der Waals surface area contributed by atoms with Crippen molar-refractivity contribution in [2.24, 2.45) is 0 Å². The van der Waals surface area contributed by atoms with E-state index in [1.54, 1.807) is 18.2 Å². The van der Waals surface area contributed by atoms with E-state index in [-0.39, 0.29) is 12.1 Å². The van der Waals surface area contributed by atoms with Gasteiger partial charge in [0.25, 0.3) is 5.92 Å². The van der Waals surface area contributed by atoms with Crippen LogP contribution in [0.3, 0.4) is 0 Å². The van der Waals surface area contributed by atoms with Crippen LogP contribution in [0.1, 0.15) is 18.4 Å². The van der Waals surface area contributed by atoms with Crippen LogP contribution in [0.4, 0.5) is 8.78 Å². The second-order valence-electron chi connectivity index (χ2n) is 3.64. The van der Waals surface area contributed by atoms with Gasteiger partial charge in [0.2, 0.25) is 0 Å². The van der Waals surface area contributed by atoms with Gasteiger partial charge in [-0.15, -0.1) is 0 Å². The van der Waals surface area contributed by atoms with Crippen molar-refractivity contribution in [2.75, 3.05) is 17.5 Å². The number of halogens is 3. The van der Waals surface area contributed by atoms with Crippen LogP contribution in [-0.2, 0) is 5.92 Å². The van der Waals surface area contributed by atoms with Crippen molar-refractivity contribution in [1.29, 1.82) is 0 Å². The van der Waals surface area contributed by atoms with Gasteiger partial charge < -0.3 is 5.32 Å². The highest BCUT2D eigenvalue weighted by molar-refractivity contribution is 14.1. The van der Waals surface area contributed by atoms with Gasteiger partial charge in [-0.2, -0.15) is 8.78 Å². The molecule has 0 aliphatic carbocycles. The van der Waals surface area contributed by atoms with Gasteiger partial charge in [0.15, 0.2) is 0 Å². The Morgan fingerprint density at radius 3 is 2.44 bits per heavy atom. The van der Waals surface area contributed by atoms with Crippen molar-refractivity contribution in [3.8, 4) is 0 Å². The van der Waals surface area contributed by atoms with Gasteiger partial charge in [0.05, 0.1) is 6.54 Å². The molecule has 0 heterocycles. The maximum atomic E-state index is 13.6. The molecule has 0 saturated carbocycles. The van der Waals surface area contributed by atoms with Crippen LogP contribution in [0.25, 0.3) is 0 Å². The first-order chi connectivity index (χ1) is 7.67. The second kappa shape index (κ2) is 7.17. The number of alkyl halides is 3. The zero-order valence-corrected chi connectivity index (χ0v) is 11.2. The molecule has 0 fully saturated rings. The van der Waals surface area contributed by atoms with Crippen LogP contribution >= 0.6 is 22.6 Å². The first-order valence-corrected chi connectivity index (χ1v) is 6.89. The van der Waals surface area contributed by atoms with Crippen molar-refractivity contribution in [3.05, 3.63) is 35.9 Å². The van der Waals surface area contributed by atoms with Crippen LogP contribution in [0.5, 0.6) is 0 Å². The average Bonchev–Trinajstić information content (AvgIpc) is 2.30. The second-order valence-corrected chi connectivity index (χ2v) is 4.72. The van der Waals surface area contributed by atoms with E-state index in [4.69, 9.17) is 0 Å². The van der Waals surface area contributed by atoms with Crippen molar-refractivity contribution >= 4 is 22.6 Å². The molecule has 1 nitrogen and oxygen atoms in total. The number of hydrogen-bond acceptors (Lipinski definition) is 1. The lowest BCUT2D eigenvalue weighted by Crippen LogP contribution is -2.31. The summed E-state index contributed by atoms with van der Waals surface area (Å²) in [6.45, 7) is 0.379. The Morgan fingerprint density at radius 2 is 1.81 bits per heavy atom. The quantitative estimate of drug-likeness (QED) is 0.455. The highest BCUT2D eigenvalue weighted by Gasteiger charge is 2.30. The van der Waals surface area contributed by atoms with Crippen molar-refractivity contribution in [2.45, 2.75) is 18.8 Å². The third-order valence-corrected chi connectivity index (χ3v) is 3.04. The first-order valence-electron chi connectivity index (χ1n) is 5.37. The molecule has 16 heavy (non-hydrogen) atoms. The third kappa shape index (κ3) is 4.74. The highest BCUT2D eigenvalue weighted by atomic mass is 127. The fourth-order valence-electron chi connectivity index (χ4n) is 1.37. The molecule has 0 amide bonds. The molecule has 1 rings (SSSR count). The summed E-state index contributed by atoms with van der Waals surface area (Å²) in [4.78, 5) is 0. The van der Waals surface area contributed by atoms with Crippen LogP contribution in [0, 0.1) is 0 Å². The molecule has 0 aromatic heterocycles. The number of hydrogen-bond donors (Lipinski definition) is 1. The number of unbranched alkanes of at least 4 members (excludes halogenated alkanes) is 1. The minimum atomic E-state index is -2.77. The van der Waals surface area contributed by atoms with Gasteiger partial charge in [0, 0.05) is 5.56 Å². The first kappa shape index (κ1) is 13.8. The van der Waals surface area contributed by atoms with Gasteiger partial charge in [-0.25, -0.2) is 0 Å². The lowest BCUT2D eigenvalue weighted by Gasteiger charge is -2.17. The third-order valence-electron chi connectivity index (χ3n) is 2.28. The summed E-state index contributed by atoms with van der Waals surface area (Å²) in [5.74, 6) is -2.77. The molecule has 1 aromatic carbocycles. The van der Waals surface area contributed by atoms with Crippen LogP contribution < -0.4 is 5.32 Å². The minimum Gasteiger partial charge on any atom is -0.311 e. The fraction of sp³-hybridized carbons (Fsp3) is 0.500. The smallest absolute Gasteiger partial charge is 0.285 e. The number of nitrogens with one attached hydrogen (secondary N) is 1. The highest BCUT2D eigenvalue weighted by Crippen LogP contribution is 2.26. The predicted molar refractivity (Wildman–Crippen MR) is 71.3 cm³/mol.